The van der Waals surface area contributed by atoms with Crippen LogP contribution in [0.4, 0.5) is 5.69 Å². The lowest BCUT2D eigenvalue weighted by atomic mass is 10.2. The van der Waals surface area contributed by atoms with Crippen molar-refractivity contribution in [3.63, 3.8) is 0 Å². The summed E-state index contributed by atoms with van der Waals surface area (Å²) >= 11 is 0. The molecule has 0 spiro atoms. The van der Waals surface area contributed by atoms with Crippen molar-refractivity contribution in [1.29, 1.82) is 0 Å². The second kappa shape index (κ2) is 5.98. The summed E-state index contributed by atoms with van der Waals surface area (Å²) in [6.45, 7) is 3.74. The number of para-hydroxylation sites is 1. The van der Waals surface area contributed by atoms with Gasteiger partial charge in [0.2, 0.25) is 5.12 Å². The smallest absolute Gasteiger partial charge is 0.219 e. The summed E-state index contributed by atoms with van der Waals surface area (Å²) in [5.74, 6) is 0. The van der Waals surface area contributed by atoms with Gasteiger partial charge in [-0.2, -0.15) is 0 Å². The highest BCUT2D eigenvalue weighted by Crippen LogP contribution is 2.32. The average molecular weight is 261 g/mol. The van der Waals surface area contributed by atoms with Crippen LogP contribution in [0.5, 0.6) is 0 Å². The number of benzene rings is 1. The van der Waals surface area contributed by atoms with Gasteiger partial charge in [0.15, 0.2) is 0 Å². The standard InChI is InChI=1S/C14H17N2OS/c1-2-7-13(15)14(17)18-11-6-10-16(18)12-8-4-3-5-9-12/h3-6,8-11,13H,1-2,7,15H2. The third kappa shape index (κ3) is 2.71. The van der Waals surface area contributed by atoms with Gasteiger partial charge in [-0.25, -0.2) is 0 Å². The first-order valence-electron chi connectivity index (χ1n) is 5.92. The van der Waals surface area contributed by atoms with E-state index in [0.29, 0.717) is 12.8 Å². The van der Waals surface area contributed by atoms with E-state index in [1.54, 1.807) is 0 Å². The number of rotatable bonds is 4. The van der Waals surface area contributed by atoms with Gasteiger partial charge < -0.3 is 5.73 Å². The van der Waals surface area contributed by atoms with E-state index in [2.05, 4.69) is 6.92 Å². The molecule has 2 unspecified atom stereocenters. The molecular weight excluding hydrogens is 244 g/mol. The Balaban J connectivity index is 2.17. The van der Waals surface area contributed by atoms with E-state index in [-0.39, 0.29) is 5.12 Å². The largest absolute Gasteiger partial charge is 0.321 e. The van der Waals surface area contributed by atoms with Crippen LogP contribution in [0, 0.1) is 6.92 Å². The molecule has 1 aliphatic rings. The minimum absolute atomic E-state index is 0.0764. The van der Waals surface area contributed by atoms with Gasteiger partial charge in [-0.3, -0.25) is 9.10 Å². The van der Waals surface area contributed by atoms with Crippen LogP contribution < -0.4 is 10.0 Å². The summed E-state index contributed by atoms with van der Waals surface area (Å²) in [6.07, 6.45) is 5.15. The van der Waals surface area contributed by atoms with Crippen molar-refractivity contribution in [2.75, 3.05) is 4.31 Å². The highest BCUT2D eigenvalue weighted by molar-refractivity contribution is 8.29. The Morgan fingerprint density at radius 3 is 2.78 bits per heavy atom. The number of hydrogen-bond donors (Lipinski definition) is 1. The third-order valence-electron chi connectivity index (χ3n) is 2.68. The quantitative estimate of drug-likeness (QED) is 0.847. The molecule has 0 amide bonds. The molecule has 18 heavy (non-hydrogen) atoms. The van der Waals surface area contributed by atoms with Gasteiger partial charge in [0.25, 0.3) is 0 Å². The first-order chi connectivity index (χ1) is 8.74. The van der Waals surface area contributed by atoms with E-state index in [0.717, 1.165) is 5.69 Å². The van der Waals surface area contributed by atoms with Crippen LogP contribution in [0.1, 0.15) is 12.8 Å². The van der Waals surface area contributed by atoms with Gasteiger partial charge >= 0.3 is 0 Å². The maximum absolute atomic E-state index is 12.3. The number of nitrogens with two attached hydrogens (primary N) is 1. The molecule has 1 heterocycles. The van der Waals surface area contributed by atoms with Gasteiger partial charge in [0.1, 0.15) is 0 Å². The SMILES string of the molecule is [CH2]CCC(N)C(=O)S1=CC=CN1c1ccccc1. The van der Waals surface area contributed by atoms with Crippen LogP contribution in [-0.4, -0.2) is 16.5 Å². The van der Waals surface area contributed by atoms with Gasteiger partial charge in [0.05, 0.1) is 11.7 Å². The predicted octanol–water partition coefficient (Wildman–Crippen LogP) is 2.47. The van der Waals surface area contributed by atoms with Crippen molar-refractivity contribution >= 4 is 26.8 Å². The summed E-state index contributed by atoms with van der Waals surface area (Å²) in [6, 6.07) is 9.44. The van der Waals surface area contributed by atoms with Crippen molar-refractivity contribution in [2.45, 2.75) is 18.9 Å². The van der Waals surface area contributed by atoms with E-state index in [1.165, 1.54) is 0 Å². The van der Waals surface area contributed by atoms with Crippen molar-refractivity contribution in [3.05, 3.63) is 49.5 Å². The van der Waals surface area contributed by atoms with E-state index >= 15 is 0 Å². The Morgan fingerprint density at radius 1 is 1.39 bits per heavy atom. The highest BCUT2D eigenvalue weighted by Gasteiger charge is 2.22. The average Bonchev–Trinajstić information content (AvgIpc) is 2.88. The van der Waals surface area contributed by atoms with Gasteiger partial charge in [-0.05, 0) is 40.7 Å². The minimum Gasteiger partial charge on any atom is -0.321 e. The number of carbonyl (C=O) groups excluding carboxylic acids is 1. The number of hydrogen-bond acceptors (Lipinski definition) is 3. The van der Waals surface area contributed by atoms with E-state index < -0.39 is 16.7 Å². The van der Waals surface area contributed by atoms with Gasteiger partial charge in [-0.1, -0.05) is 31.5 Å². The molecule has 2 atom stereocenters. The second-order valence-corrected chi connectivity index (χ2v) is 5.72. The van der Waals surface area contributed by atoms with Crippen molar-refractivity contribution < 1.29 is 4.79 Å². The Hall–Kier alpha value is -1.39. The van der Waals surface area contributed by atoms with Crippen LogP contribution in [0.3, 0.4) is 0 Å². The summed E-state index contributed by atoms with van der Waals surface area (Å²) in [4.78, 5) is 12.3. The summed E-state index contributed by atoms with van der Waals surface area (Å²) < 4.78 is 1.98. The maximum Gasteiger partial charge on any atom is 0.219 e. The molecule has 1 aromatic rings. The zero-order valence-corrected chi connectivity index (χ0v) is 11.0. The monoisotopic (exact) mass is 261 g/mol. The summed E-state index contributed by atoms with van der Waals surface area (Å²) in [7, 11) is -0.587. The predicted molar refractivity (Wildman–Crippen MR) is 79.3 cm³/mol. The molecule has 4 heteroatoms. The van der Waals surface area contributed by atoms with Crippen molar-refractivity contribution in [1.82, 2.24) is 0 Å². The Bertz CT molecular complexity index is 482. The fraction of sp³-hybridized carbons (Fsp3) is 0.214. The van der Waals surface area contributed by atoms with Gasteiger partial charge in [0, 0.05) is 6.20 Å². The van der Waals surface area contributed by atoms with Crippen LogP contribution >= 0.6 is 10.7 Å². The van der Waals surface area contributed by atoms with Crippen LogP contribution in [0.25, 0.3) is 0 Å². The van der Waals surface area contributed by atoms with E-state index in [9.17, 15) is 4.79 Å². The Morgan fingerprint density at radius 2 is 2.11 bits per heavy atom. The first-order valence-corrected chi connectivity index (χ1v) is 7.16. The van der Waals surface area contributed by atoms with Crippen LogP contribution in [-0.2, 0) is 4.79 Å². The number of anilines is 1. The zero-order valence-electron chi connectivity index (χ0n) is 10.2. The molecule has 0 fully saturated rings. The molecule has 3 nitrogen and oxygen atoms in total. The second-order valence-electron chi connectivity index (χ2n) is 4.02. The maximum atomic E-state index is 12.3. The molecule has 95 valence electrons. The summed E-state index contributed by atoms with van der Waals surface area (Å²) in [5.41, 5.74) is 6.91. The molecule has 1 aliphatic heterocycles. The normalized spacial score (nSPS) is 19.7. The molecule has 0 aliphatic carbocycles. The molecule has 0 saturated heterocycles. The number of allylic oxidation sites excluding steroid dienone is 1. The van der Waals surface area contributed by atoms with Crippen molar-refractivity contribution in [2.24, 2.45) is 5.73 Å². The molecule has 1 aromatic carbocycles. The van der Waals surface area contributed by atoms with Crippen LogP contribution in [0.2, 0.25) is 0 Å². The molecule has 2 N–H and O–H groups in total. The lowest BCUT2D eigenvalue weighted by Crippen LogP contribution is -2.31. The highest BCUT2D eigenvalue weighted by atomic mass is 32.2. The summed E-state index contributed by atoms with van der Waals surface area (Å²) in [5, 5.41) is 1.99. The van der Waals surface area contributed by atoms with Crippen LogP contribution in [0.15, 0.2) is 42.6 Å². The fourth-order valence-electron chi connectivity index (χ4n) is 1.75. The molecule has 1 radical (unpaired) electrons. The Kier molecular flexibility index (Phi) is 4.33. The van der Waals surface area contributed by atoms with Gasteiger partial charge in [-0.15, -0.1) is 0 Å². The molecule has 0 bridgehead atoms. The fourth-order valence-corrected chi connectivity index (χ4v) is 3.41. The van der Waals surface area contributed by atoms with E-state index in [4.69, 9.17) is 5.73 Å². The third-order valence-corrected chi connectivity index (χ3v) is 4.56. The zero-order chi connectivity index (χ0) is 13.0. The molecule has 0 aromatic heterocycles. The first kappa shape index (κ1) is 13.1. The minimum atomic E-state index is -0.587. The Labute approximate surface area is 110 Å². The molecule has 2 rings (SSSR count). The lowest BCUT2D eigenvalue weighted by molar-refractivity contribution is -0.112. The van der Waals surface area contributed by atoms with E-state index in [1.807, 2.05) is 52.3 Å². The molecular formula is C14H17N2OS. The number of carbonyl (C=O) groups is 1. The number of nitrogens with zero attached hydrogens (tertiary/aromatic N) is 1. The topological polar surface area (TPSA) is 46.3 Å². The molecule has 0 saturated carbocycles. The van der Waals surface area contributed by atoms with Crippen molar-refractivity contribution in [3.8, 4) is 0 Å². The lowest BCUT2D eigenvalue weighted by Gasteiger charge is -2.22.